The summed E-state index contributed by atoms with van der Waals surface area (Å²) in [7, 11) is 1.51. The molecule has 148 valence electrons. The number of nitrogens with one attached hydrogen (secondary N) is 1. The third kappa shape index (κ3) is 3.64. The van der Waals surface area contributed by atoms with E-state index in [2.05, 4.69) is 10.3 Å². The van der Waals surface area contributed by atoms with Crippen LogP contribution in [0.25, 0.3) is 5.69 Å². The standard InChI is InChI=1S/C21H20N4O4/c1-28-16-8-7-13(9-17(16)29-11-18(22)26)15-10-19(27)24-21-20(15)23-12-25(21)14-5-3-2-4-6-14/h2-9,12,15H,10-11H2,1H3,(H2,22,26)(H,24,27)/t15-/m0/s1. The second kappa shape index (κ2) is 7.67. The number of carbonyl (C=O) groups excluding carboxylic acids is 2. The molecular weight excluding hydrogens is 372 g/mol. The molecule has 2 aromatic carbocycles. The van der Waals surface area contributed by atoms with Crippen LogP contribution in [0.15, 0.2) is 54.9 Å². The van der Waals surface area contributed by atoms with Gasteiger partial charge in [-0.25, -0.2) is 4.98 Å². The van der Waals surface area contributed by atoms with E-state index in [-0.39, 0.29) is 24.9 Å². The minimum atomic E-state index is -0.585. The highest BCUT2D eigenvalue weighted by Crippen LogP contribution is 2.40. The zero-order valence-electron chi connectivity index (χ0n) is 15.8. The molecule has 0 unspecified atom stereocenters. The maximum Gasteiger partial charge on any atom is 0.255 e. The third-order valence-electron chi connectivity index (χ3n) is 4.77. The van der Waals surface area contributed by atoms with E-state index in [1.807, 2.05) is 41.0 Å². The van der Waals surface area contributed by atoms with Gasteiger partial charge in [0, 0.05) is 18.0 Å². The Balaban J connectivity index is 1.74. The lowest BCUT2D eigenvalue weighted by molar-refractivity contribution is -0.120. The summed E-state index contributed by atoms with van der Waals surface area (Å²) in [5, 5.41) is 2.93. The first-order chi connectivity index (χ1) is 14.1. The fourth-order valence-corrected chi connectivity index (χ4v) is 3.44. The largest absolute Gasteiger partial charge is 0.493 e. The van der Waals surface area contributed by atoms with E-state index >= 15 is 0 Å². The van der Waals surface area contributed by atoms with E-state index in [4.69, 9.17) is 15.2 Å². The van der Waals surface area contributed by atoms with Crippen LogP contribution in [-0.2, 0) is 9.59 Å². The zero-order chi connectivity index (χ0) is 20.4. The highest BCUT2D eigenvalue weighted by atomic mass is 16.5. The number of benzene rings is 2. The van der Waals surface area contributed by atoms with Crippen molar-refractivity contribution in [2.75, 3.05) is 19.0 Å². The molecule has 1 atom stereocenters. The number of amides is 2. The molecule has 2 amide bonds. The fourth-order valence-electron chi connectivity index (χ4n) is 3.44. The van der Waals surface area contributed by atoms with Crippen LogP contribution in [0.3, 0.4) is 0 Å². The smallest absolute Gasteiger partial charge is 0.255 e. The van der Waals surface area contributed by atoms with Crippen LogP contribution in [0.4, 0.5) is 5.82 Å². The predicted octanol–water partition coefficient (Wildman–Crippen LogP) is 2.22. The molecule has 1 aromatic heterocycles. The lowest BCUT2D eigenvalue weighted by atomic mass is 9.89. The van der Waals surface area contributed by atoms with Crippen molar-refractivity contribution in [2.24, 2.45) is 5.73 Å². The van der Waals surface area contributed by atoms with Crippen LogP contribution < -0.4 is 20.5 Å². The Morgan fingerprint density at radius 2 is 2.03 bits per heavy atom. The van der Waals surface area contributed by atoms with E-state index in [1.54, 1.807) is 18.5 Å². The molecule has 4 rings (SSSR count). The lowest BCUT2D eigenvalue weighted by Crippen LogP contribution is -2.25. The topological polar surface area (TPSA) is 108 Å². The van der Waals surface area contributed by atoms with Crippen LogP contribution in [0, 0.1) is 0 Å². The molecular formula is C21H20N4O4. The first-order valence-corrected chi connectivity index (χ1v) is 9.08. The molecule has 0 fully saturated rings. The minimum Gasteiger partial charge on any atom is -0.493 e. The van der Waals surface area contributed by atoms with Crippen LogP contribution in [-0.4, -0.2) is 35.1 Å². The molecule has 0 saturated carbocycles. The quantitative estimate of drug-likeness (QED) is 0.669. The van der Waals surface area contributed by atoms with Gasteiger partial charge in [-0.05, 0) is 29.8 Å². The van der Waals surface area contributed by atoms with Gasteiger partial charge in [0.05, 0.1) is 12.8 Å². The van der Waals surface area contributed by atoms with Crippen LogP contribution in [0.5, 0.6) is 11.5 Å². The third-order valence-corrected chi connectivity index (χ3v) is 4.77. The van der Waals surface area contributed by atoms with Crippen molar-refractivity contribution < 1.29 is 19.1 Å². The van der Waals surface area contributed by atoms with Crippen molar-refractivity contribution >= 4 is 17.6 Å². The summed E-state index contributed by atoms with van der Waals surface area (Å²) in [6, 6.07) is 15.0. The van der Waals surface area contributed by atoms with E-state index in [0.717, 1.165) is 16.9 Å². The molecule has 0 aliphatic carbocycles. The van der Waals surface area contributed by atoms with Gasteiger partial charge in [0.25, 0.3) is 5.91 Å². The molecule has 3 N–H and O–H groups in total. The predicted molar refractivity (Wildman–Crippen MR) is 106 cm³/mol. The number of rotatable bonds is 6. The first kappa shape index (κ1) is 18.5. The molecule has 8 heteroatoms. The average Bonchev–Trinajstić information content (AvgIpc) is 3.15. The normalized spacial score (nSPS) is 15.3. The van der Waals surface area contributed by atoms with Crippen molar-refractivity contribution in [3.63, 3.8) is 0 Å². The number of hydrogen-bond acceptors (Lipinski definition) is 5. The minimum absolute atomic E-state index is 0.101. The van der Waals surface area contributed by atoms with E-state index in [9.17, 15) is 9.59 Å². The number of aromatic nitrogens is 2. The maximum absolute atomic E-state index is 12.4. The van der Waals surface area contributed by atoms with Gasteiger partial charge in [-0.1, -0.05) is 24.3 Å². The van der Waals surface area contributed by atoms with Crippen molar-refractivity contribution in [1.82, 2.24) is 9.55 Å². The number of primary amides is 1. The highest BCUT2D eigenvalue weighted by Gasteiger charge is 2.31. The Kier molecular flexibility index (Phi) is 4.90. The maximum atomic E-state index is 12.4. The van der Waals surface area contributed by atoms with Gasteiger partial charge in [-0.15, -0.1) is 0 Å². The summed E-state index contributed by atoms with van der Waals surface area (Å²) in [5.41, 5.74) is 7.68. The number of imidazole rings is 1. The molecule has 29 heavy (non-hydrogen) atoms. The van der Waals surface area contributed by atoms with Crippen LogP contribution >= 0.6 is 0 Å². The second-order valence-electron chi connectivity index (χ2n) is 6.65. The Labute approximate surface area is 167 Å². The first-order valence-electron chi connectivity index (χ1n) is 9.08. The summed E-state index contributed by atoms with van der Waals surface area (Å²) in [4.78, 5) is 28.1. The van der Waals surface area contributed by atoms with Crippen LogP contribution in [0.1, 0.15) is 23.6 Å². The molecule has 2 heterocycles. The summed E-state index contributed by atoms with van der Waals surface area (Å²) in [5.74, 6) is 0.566. The molecule has 8 nitrogen and oxygen atoms in total. The number of carbonyl (C=O) groups is 2. The Morgan fingerprint density at radius 1 is 1.24 bits per heavy atom. The van der Waals surface area contributed by atoms with E-state index in [1.165, 1.54) is 7.11 Å². The molecule has 3 aromatic rings. The molecule has 1 aliphatic rings. The second-order valence-corrected chi connectivity index (χ2v) is 6.65. The van der Waals surface area contributed by atoms with Gasteiger partial charge in [0.2, 0.25) is 5.91 Å². The van der Waals surface area contributed by atoms with Crippen molar-refractivity contribution in [3.05, 3.63) is 66.1 Å². The lowest BCUT2D eigenvalue weighted by Gasteiger charge is -2.24. The van der Waals surface area contributed by atoms with E-state index in [0.29, 0.717) is 17.3 Å². The number of fused-ring (bicyclic) bond motifs is 1. The van der Waals surface area contributed by atoms with Crippen molar-refractivity contribution in [3.8, 4) is 17.2 Å². The van der Waals surface area contributed by atoms with Crippen LogP contribution in [0.2, 0.25) is 0 Å². The summed E-state index contributed by atoms with van der Waals surface area (Å²) >= 11 is 0. The molecule has 0 bridgehead atoms. The van der Waals surface area contributed by atoms with E-state index < -0.39 is 5.91 Å². The number of anilines is 1. The summed E-state index contributed by atoms with van der Waals surface area (Å²) in [6.45, 7) is -0.265. The Hall–Kier alpha value is -3.81. The van der Waals surface area contributed by atoms with Crippen molar-refractivity contribution in [2.45, 2.75) is 12.3 Å². The SMILES string of the molecule is COc1ccc([C@@H]2CC(=O)Nc3c2ncn3-c2ccccc2)cc1OCC(N)=O. The number of nitrogens with two attached hydrogens (primary N) is 1. The fraction of sp³-hybridized carbons (Fsp3) is 0.190. The summed E-state index contributed by atoms with van der Waals surface area (Å²) < 4.78 is 12.6. The molecule has 0 radical (unpaired) electrons. The summed E-state index contributed by atoms with van der Waals surface area (Å²) in [6.07, 6.45) is 1.95. The van der Waals surface area contributed by atoms with Gasteiger partial charge >= 0.3 is 0 Å². The van der Waals surface area contributed by atoms with Crippen molar-refractivity contribution in [1.29, 1.82) is 0 Å². The number of nitrogens with zero attached hydrogens (tertiary/aromatic N) is 2. The Bertz CT molecular complexity index is 1060. The highest BCUT2D eigenvalue weighted by molar-refractivity contribution is 5.94. The monoisotopic (exact) mass is 392 g/mol. The van der Waals surface area contributed by atoms with Gasteiger partial charge in [0.1, 0.15) is 12.1 Å². The average molecular weight is 392 g/mol. The molecule has 0 spiro atoms. The zero-order valence-corrected chi connectivity index (χ0v) is 15.8. The van der Waals surface area contributed by atoms with Gasteiger partial charge in [-0.2, -0.15) is 0 Å². The molecule has 1 aliphatic heterocycles. The number of methoxy groups -OCH3 is 1. The number of hydrogen-bond donors (Lipinski definition) is 2. The van der Waals surface area contributed by atoms with Gasteiger partial charge in [0.15, 0.2) is 18.1 Å². The molecule has 0 saturated heterocycles. The number of ether oxygens (including phenoxy) is 2. The van der Waals surface area contributed by atoms with Gasteiger partial charge < -0.3 is 20.5 Å². The number of para-hydroxylation sites is 1. The van der Waals surface area contributed by atoms with Gasteiger partial charge in [-0.3, -0.25) is 14.2 Å². The Morgan fingerprint density at radius 3 is 2.76 bits per heavy atom.